The third-order valence-electron chi connectivity index (χ3n) is 5.38. The molecule has 0 saturated carbocycles. The molecule has 0 bridgehead atoms. The van der Waals surface area contributed by atoms with Crippen LogP contribution in [-0.2, 0) is 11.3 Å². The molecule has 0 aliphatic carbocycles. The summed E-state index contributed by atoms with van der Waals surface area (Å²) in [6.45, 7) is 6.05. The number of urea groups is 1. The SMILES string of the molecule is CC[NH+](Cc1ccccc1)CN1C(=O)NC2(CC[NH+](C)CC2)C1=O. The van der Waals surface area contributed by atoms with Crippen LogP contribution in [0.15, 0.2) is 30.3 Å². The molecule has 2 fully saturated rings. The maximum atomic E-state index is 12.9. The molecule has 6 nitrogen and oxygen atoms in total. The largest absolute Gasteiger partial charge is 0.337 e. The number of carbonyl (C=O) groups excluding carboxylic acids is 2. The molecule has 24 heavy (non-hydrogen) atoms. The second-order valence-corrected chi connectivity index (χ2v) is 7.13. The second kappa shape index (κ2) is 6.91. The summed E-state index contributed by atoms with van der Waals surface area (Å²) in [5.74, 6) is -0.0287. The van der Waals surface area contributed by atoms with Crippen LogP contribution in [0.2, 0.25) is 0 Å². The molecule has 1 atom stereocenters. The topological polar surface area (TPSA) is 58.3 Å². The monoisotopic (exact) mass is 332 g/mol. The average molecular weight is 332 g/mol. The first kappa shape index (κ1) is 16.9. The zero-order valence-electron chi connectivity index (χ0n) is 14.6. The first-order valence-electron chi connectivity index (χ1n) is 8.87. The van der Waals surface area contributed by atoms with Crippen molar-refractivity contribution in [3.05, 3.63) is 35.9 Å². The minimum absolute atomic E-state index is 0.0287. The van der Waals surface area contributed by atoms with Gasteiger partial charge >= 0.3 is 6.03 Å². The summed E-state index contributed by atoms with van der Waals surface area (Å²) in [6.07, 6.45) is 1.47. The standard InChI is InChI=1S/C18H26N4O2/c1-3-21(13-15-7-5-4-6-8-15)14-22-16(23)18(19-17(22)24)9-11-20(2)12-10-18/h4-8H,3,9-14H2,1-2H3,(H,19,24)/p+2. The first-order chi connectivity index (χ1) is 11.5. The van der Waals surface area contributed by atoms with Crippen molar-refractivity contribution in [2.45, 2.75) is 31.8 Å². The fraction of sp³-hybridized carbons (Fsp3) is 0.556. The number of hydrogen-bond acceptors (Lipinski definition) is 2. The van der Waals surface area contributed by atoms with Gasteiger partial charge in [-0.2, -0.15) is 0 Å². The number of nitrogens with zero attached hydrogens (tertiary/aromatic N) is 1. The lowest BCUT2D eigenvalue weighted by Gasteiger charge is -2.33. The number of piperidine rings is 1. The van der Waals surface area contributed by atoms with Crippen LogP contribution >= 0.6 is 0 Å². The van der Waals surface area contributed by atoms with Gasteiger partial charge < -0.3 is 15.1 Å². The van der Waals surface area contributed by atoms with Crippen molar-refractivity contribution in [2.75, 3.05) is 33.4 Å². The number of amides is 3. The summed E-state index contributed by atoms with van der Waals surface area (Å²) in [5.41, 5.74) is 0.571. The highest BCUT2D eigenvalue weighted by Gasteiger charge is 2.54. The molecule has 2 aliphatic heterocycles. The predicted molar refractivity (Wildman–Crippen MR) is 90.5 cm³/mol. The Labute approximate surface area is 143 Å². The molecule has 3 N–H and O–H groups in total. The van der Waals surface area contributed by atoms with Crippen molar-refractivity contribution < 1.29 is 19.4 Å². The van der Waals surface area contributed by atoms with Crippen molar-refractivity contribution >= 4 is 11.9 Å². The van der Waals surface area contributed by atoms with Gasteiger partial charge in [0.1, 0.15) is 12.1 Å². The number of likely N-dealkylation sites (tertiary alicyclic amines) is 1. The van der Waals surface area contributed by atoms with Crippen molar-refractivity contribution in [1.82, 2.24) is 10.2 Å². The molecule has 3 rings (SSSR count). The van der Waals surface area contributed by atoms with Crippen LogP contribution in [-0.4, -0.2) is 55.7 Å². The molecule has 2 aliphatic rings. The van der Waals surface area contributed by atoms with E-state index in [4.69, 9.17) is 0 Å². The van der Waals surface area contributed by atoms with Crippen LogP contribution < -0.4 is 15.1 Å². The fourth-order valence-electron chi connectivity index (χ4n) is 3.66. The number of imide groups is 1. The van der Waals surface area contributed by atoms with E-state index in [1.165, 1.54) is 20.3 Å². The summed E-state index contributed by atoms with van der Waals surface area (Å²) in [7, 11) is 2.13. The second-order valence-electron chi connectivity index (χ2n) is 7.13. The molecule has 6 heteroatoms. The average Bonchev–Trinajstić information content (AvgIpc) is 2.82. The van der Waals surface area contributed by atoms with Gasteiger partial charge in [0.15, 0.2) is 6.67 Å². The molecule has 0 aromatic heterocycles. The Bertz CT molecular complexity index is 596. The van der Waals surface area contributed by atoms with E-state index in [1.54, 1.807) is 0 Å². The van der Waals surface area contributed by atoms with Gasteiger partial charge in [-0.15, -0.1) is 0 Å². The Morgan fingerprint density at radius 2 is 1.88 bits per heavy atom. The molecule has 130 valence electrons. The zero-order chi connectivity index (χ0) is 17.2. The van der Waals surface area contributed by atoms with E-state index in [1.807, 2.05) is 18.2 Å². The number of nitrogens with one attached hydrogen (secondary N) is 3. The highest BCUT2D eigenvalue weighted by Crippen LogP contribution is 2.25. The summed E-state index contributed by atoms with van der Waals surface area (Å²) in [4.78, 5) is 29.4. The third-order valence-corrected chi connectivity index (χ3v) is 5.38. The van der Waals surface area contributed by atoms with Gasteiger partial charge in [0.2, 0.25) is 0 Å². The number of quaternary nitrogens is 2. The van der Waals surface area contributed by atoms with Crippen LogP contribution in [0.1, 0.15) is 25.3 Å². The molecule has 3 amide bonds. The maximum Gasteiger partial charge on any atom is 0.329 e. The van der Waals surface area contributed by atoms with Crippen LogP contribution in [0.4, 0.5) is 4.79 Å². The van der Waals surface area contributed by atoms with Gasteiger partial charge in [-0.05, 0) is 6.92 Å². The first-order valence-corrected chi connectivity index (χ1v) is 8.87. The summed E-state index contributed by atoms with van der Waals surface area (Å²) < 4.78 is 0. The van der Waals surface area contributed by atoms with Gasteiger partial charge in [0.25, 0.3) is 5.91 Å². The quantitative estimate of drug-likeness (QED) is 0.584. The Kier molecular flexibility index (Phi) is 4.87. The molecule has 1 aromatic carbocycles. The summed E-state index contributed by atoms with van der Waals surface area (Å²) >= 11 is 0. The number of hydrogen-bond donors (Lipinski definition) is 3. The summed E-state index contributed by atoms with van der Waals surface area (Å²) in [6, 6.07) is 9.99. The van der Waals surface area contributed by atoms with Crippen LogP contribution in [0.5, 0.6) is 0 Å². The van der Waals surface area contributed by atoms with E-state index < -0.39 is 5.54 Å². The smallest absolute Gasteiger partial charge is 0.329 e. The lowest BCUT2D eigenvalue weighted by Crippen LogP contribution is -3.12. The molecule has 1 spiro atoms. The zero-order valence-corrected chi connectivity index (χ0v) is 14.6. The van der Waals surface area contributed by atoms with E-state index in [2.05, 4.69) is 31.4 Å². The van der Waals surface area contributed by atoms with Gasteiger partial charge in [-0.1, -0.05) is 30.3 Å². The third kappa shape index (κ3) is 3.30. The van der Waals surface area contributed by atoms with Crippen molar-refractivity contribution in [3.8, 4) is 0 Å². The van der Waals surface area contributed by atoms with Gasteiger partial charge in [-0.25, -0.2) is 9.69 Å². The number of carbonyl (C=O) groups is 2. The molecule has 1 unspecified atom stereocenters. The molecular weight excluding hydrogens is 304 g/mol. The van der Waals surface area contributed by atoms with E-state index in [0.29, 0.717) is 6.67 Å². The lowest BCUT2D eigenvalue weighted by molar-refractivity contribution is -0.919. The Morgan fingerprint density at radius 1 is 1.21 bits per heavy atom. The normalized spacial score (nSPS) is 28.2. The van der Waals surface area contributed by atoms with E-state index in [9.17, 15) is 9.59 Å². The molecule has 1 aromatic rings. The van der Waals surface area contributed by atoms with Gasteiger partial charge in [0, 0.05) is 18.4 Å². The maximum absolute atomic E-state index is 12.9. The van der Waals surface area contributed by atoms with E-state index in [0.717, 1.165) is 39.0 Å². The van der Waals surface area contributed by atoms with E-state index in [-0.39, 0.29) is 11.9 Å². The van der Waals surface area contributed by atoms with Crippen molar-refractivity contribution in [3.63, 3.8) is 0 Å². The molecule has 0 radical (unpaired) electrons. The molecule has 2 saturated heterocycles. The van der Waals surface area contributed by atoms with Crippen LogP contribution in [0.25, 0.3) is 0 Å². The fourth-order valence-corrected chi connectivity index (χ4v) is 3.66. The van der Waals surface area contributed by atoms with Crippen LogP contribution in [0, 0.1) is 0 Å². The Morgan fingerprint density at radius 3 is 2.50 bits per heavy atom. The minimum atomic E-state index is -0.651. The van der Waals surface area contributed by atoms with Crippen molar-refractivity contribution in [1.29, 1.82) is 0 Å². The van der Waals surface area contributed by atoms with Gasteiger partial charge in [-0.3, -0.25) is 4.79 Å². The highest BCUT2D eigenvalue weighted by molar-refractivity contribution is 6.06. The highest BCUT2D eigenvalue weighted by atomic mass is 16.2. The molecule has 2 heterocycles. The number of benzene rings is 1. The Balaban J connectivity index is 1.67. The van der Waals surface area contributed by atoms with E-state index >= 15 is 0 Å². The lowest BCUT2D eigenvalue weighted by atomic mass is 9.88. The molecular formula is C18H28N4O2+2. The minimum Gasteiger partial charge on any atom is -0.337 e. The van der Waals surface area contributed by atoms with Gasteiger partial charge in [0.05, 0.1) is 26.7 Å². The predicted octanol–water partition coefficient (Wildman–Crippen LogP) is -1.35. The summed E-state index contributed by atoms with van der Waals surface area (Å²) in [5, 5.41) is 2.99. The van der Waals surface area contributed by atoms with Crippen LogP contribution in [0.3, 0.4) is 0 Å². The number of rotatable bonds is 5. The Hall–Kier alpha value is -1.92. The van der Waals surface area contributed by atoms with Crippen molar-refractivity contribution in [2.24, 2.45) is 0 Å².